The summed E-state index contributed by atoms with van der Waals surface area (Å²) in [6, 6.07) is 32.6. The first-order valence-electron chi connectivity index (χ1n) is 24.5. The highest BCUT2D eigenvalue weighted by atomic mass is 32.2. The van der Waals surface area contributed by atoms with Gasteiger partial charge in [0.1, 0.15) is 34.2 Å². The molecule has 0 radical (unpaired) electrons. The van der Waals surface area contributed by atoms with Gasteiger partial charge in [-0.3, -0.25) is 18.9 Å². The van der Waals surface area contributed by atoms with E-state index in [0.29, 0.717) is 36.0 Å². The van der Waals surface area contributed by atoms with Gasteiger partial charge in [-0.15, -0.1) is 12.6 Å². The number of fused-ring (bicyclic) bond motifs is 3. The second-order valence-electron chi connectivity index (χ2n) is 19.0. The number of hydrogen-bond donors (Lipinski definition) is 11. The first kappa shape index (κ1) is 65.1. The van der Waals surface area contributed by atoms with Crippen molar-refractivity contribution in [3.8, 4) is 17.2 Å². The Bertz CT molecular complexity index is 3130. The molecule has 79 heavy (non-hydrogen) atoms. The monoisotopic (exact) mass is 1130 g/mol. The summed E-state index contributed by atoms with van der Waals surface area (Å²) >= 11 is 3.96. The molecule has 0 spiro atoms. The van der Waals surface area contributed by atoms with Crippen molar-refractivity contribution in [1.29, 1.82) is 0 Å². The summed E-state index contributed by atoms with van der Waals surface area (Å²) in [6.07, 6.45) is 10.5. The number of aromatic carboxylic acids is 4. The number of ketones is 1. The smallest absolute Gasteiger partial charge is 0.371 e. The van der Waals surface area contributed by atoms with Crippen LogP contribution < -0.4 is 0 Å². The Hall–Kier alpha value is -8.21. The molecule has 0 amide bonds. The quantitative estimate of drug-likeness (QED) is 0.0308. The average Bonchev–Trinajstić information content (AvgIpc) is 4.39. The Morgan fingerprint density at radius 1 is 0.646 bits per heavy atom. The topological polar surface area (TPSA) is 369 Å². The number of thiol groups is 1. The third-order valence-electron chi connectivity index (χ3n) is 13.5. The van der Waals surface area contributed by atoms with E-state index >= 15 is 0 Å². The number of hydrogen-bond acceptors (Lipinski definition) is 14. The second kappa shape index (κ2) is 30.7. The fraction of sp³-hybridized carbons (Fsp3) is 0.316. The standard InChI is InChI=1S/C11H8O3.C10H16O4S.C9H10O2.C8H14O2.C7H6O4.C7H6O2S.C5H4O3/c12-10-8-4-2-1-3-7(8)5-6-9(10)11(13)14;1-9(2)7-3-4-10(9,8(11)5-7)6-15(12,13)14;10-9(11)7-6-8-4-2-1-3-5-8;9-8(10)6-5-7-3-1-2-4-7;8-4-1-2-6(9)5(3-4)7(10)11;8-7(9)5-3-1-2-4-6(5)10;6-5(7)4-2-1-3-8-4/h1-6,12H,(H,13,14);7H,3-6H2,1-2H3,(H,12,13,14);1-5H,6-7H2,(H,10,11);7H,1-6H2,(H,9,10);1-3,8-9H,(H,10,11);1-4,10H,(H,8,9);1-3H,(H,6,7). The minimum absolute atomic E-state index is 0.0152. The van der Waals surface area contributed by atoms with Gasteiger partial charge in [-0.25, -0.2) is 19.2 Å². The van der Waals surface area contributed by atoms with E-state index in [1.165, 1.54) is 62.3 Å². The van der Waals surface area contributed by atoms with E-state index in [2.05, 4.69) is 17.0 Å². The SMILES string of the molecule is CC1(C)C2CCC1(CS(=O)(=O)O)C(=O)C2.O=C(O)CCC1CCCC1.O=C(O)CCc1ccccc1.O=C(O)c1cc(O)ccc1O.O=C(O)c1ccc2ccccc2c1O.O=C(O)c1ccccc1S.O=C(O)c1ccco1. The number of Topliss-reactive ketones (excluding diaryl/α,β-unsaturated/α-hetero) is 1. The lowest BCUT2D eigenvalue weighted by atomic mass is 9.70. The maximum absolute atomic E-state index is 11.9. The van der Waals surface area contributed by atoms with Gasteiger partial charge in [0.15, 0.2) is 0 Å². The summed E-state index contributed by atoms with van der Waals surface area (Å²) in [5, 5.41) is 79.4. The predicted octanol–water partition coefficient (Wildman–Crippen LogP) is 10.7. The van der Waals surface area contributed by atoms with Crippen LogP contribution >= 0.6 is 12.6 Å². The number of aryl methyl sites for hydroxylation is 1. The molecule has 424 valence electrons. The average molecular weight is 1130 g/mol. The summed E-state index contributed by atoms with van der Waals surface area (Å²) < 4.78 is 35.5. The number of rotatable bonds is 12. The van der Waals surface area contributed by atoms with Crippen LogP contribution in [0.2, 0.25) is 0 Å². The maximum Gasteiger partial charge on any atom is 0.371 e. The van der Waals surface area contributed by atoms with Crippen molar-refractivity contribution < 1.29 is 96.9 Å². The van der Waals surface area contributed by atoms with Crippen molar-refractivity contribution in [3.63, 3.8) is 0 Å². The van der Waals surface area contributed by atoms with Crippen LogP contribution in [-0.4, -0.2) is 106 Å². The minimum atomic E-state index is -4.08. The van der Waals surface area contributed by atoms with Crippen LogP contribution in [0.15, 0.2) is 137 Å². The lowest BCUT2D eigenvalue weighted by molar-refractivity contribution is -0.138. The van der Waals surface area contributed by atoms with Crippen molar-refractivity contribution in [3.05, 3.63) is 156 Å². The number of furan rings is 1. The summed E-state index contributed by atoms with van der Waals surface area (Å²) in [6.45, 7) is 3.89. The van der Waals surface area contributed by atoms with E-state index in [1.807, 2.05) is 56.3 Å². The number of carboxylic acids is 6. The Kier molecular flexibility index (Phi) is 25.3. The van der Waals surface area contributed by atoms with Crippen LogP contribution in [0.4, 0.5) is 0 Å². The highest BCUT2D eigenvalue weighted by Crippen LogP contribution is 2.64. The Balaban J connectivity index is 0.000000244. The van der Waals surface area contributed by atoms with Gasteiger partial charge in [0.25, 0.3) is 10.1 Å². The van der Waals surface area contributed by atoms with Gasteiger partial charge in [-0.2, -0.15) is 8.42 Å². The molecule has 2 atom stereocenters. The van der Waals surface area contributed by atoms with Gasteiger partial charge in [0.2, 0.25) is 5.76 Å². The molecule has 1 aromatic heterocycles. The van der Waals surface area contributed by atoms with E-state index in [1.54, 1.807) is 36.4 Å². The summed E-state index contributed by atoms with van der Waals surface area (Å²) in [4.78, 5) is 74.0. The largest absolute Gasteiger partial charge is 0.508 e. The number of aromatic hydroxyl groups is 3. The first-order chi connectivity index (χ1) is 37.1. The normalized spacial score (nSPS) is 16.4. The van der Waals surface area contributed by atoms with Gasteiger partial charge in [0.05, 0.1) is 23.0 Å². The molecular formula is C57H64O20S2. The number of phenolic OH excluding ortho intramolecular Hbond substituents is 1. The zero-order valence-electron chi connectivity index (χ0n) is 43.2. The zero-order chi connectivity index (χ0) is 59.1. The zero-order valence-corrected chi connectivity index (χ0v) is 44.9. The van der Waals surface area contributed by atoms with Gasteiger partial charge >= 0.3 is 35.8 Å². The lowest BCUT2D eigenvalue weighted by Gasteiger charge is -2.35. The van der Waals surface area contributed by atoms with Crippen LogP contribution in [0.3, 0.4) is 0 Å². The van der Waals surface area contributed by atoms with Crippen LogP contribution in [0.5, 0.6) is 17.2 Å². The maximum atomic E-state index is 11.9. The third-order valence-corrected chi connectivity index (χ3v) is 14.7. The number of aliphatic carboxylic acids is 2. The van der Waals surface area contributed by atoms with E-state index in [4.69, 9.17) is 45.4 Å². The minimum Gasteiger partial charge on any atom is -0.508 e. The predicted molar refractivity (Wildman–Crippen MR) is 292 cm³/mol. The van der Waals surface area contributed by atoms with E-state index in [9.17, 15) is 47.1 Å². The van der Waals surface area contributed by atoms with Crippen LogP contribution in [0.1, 0.15) is 125 Å². The van der Waals surface area contributed by atoms with Crippen LogP contribution in [0.25, 0.3) is 10.8 Å². The van der Waals surface area contributed by atoms with Crippen molar-refractivity contribution >= 4 is 75.1 Å². The molecule has 3 saturated carbocycles. The van der Waals surface area contributed by atoms with Gasteiger partial charge in [-0.05, 0) is 102 Å². The molecule has 22 heteroatoms. The highest BCUT2D eigenvalue weighted by molar-refractivity contribution is 7.85. The second-order valence-corrected chi connectivity index (χ2v) is 20.9. The molecular weight excluding hydrogens is 1070 g/mol. The molecule has 1 heterocycles. The van der Waals surface area contributed by atoms with Gasteiger partial charge in [0, 0.05) is 29.5 Å². The van der Waals surface area contributed by atoms with Gasteiger partial charge in [-0.1, -0.05) is 112 Å². The number of phenols is 3. The summed E-state index contributed by atoms with van der Waals surface area (Å²) in [7, 11) is -4.08. The third kappa shape index (κ3) is 20.6. The van der Waals surface area contributed by atoms with Crippen LogP contribution in [-0.2, 0) is 30.9 Å². The fourth-order valence-electron chi connectivity index (χ4n) is 9.12. The lowest BCUT2D eigenvalue weighted by Crippen LogP contribution is -2.42. The van der Waals surface area contributed by atoms with Crippen molar-refractivity contribution in [1.82, 2.24) is 0 Å². The molecule has 9 rings (SSSR count). The molecule has 20 nitrogen and oxygen atoms in total. The van der Waals surface area contributed by atoms with Crippen molar-refractivity contribution in [2.45, 2.75) is 89.4 Å². The molecule has 3 fully saturated rings. The Labute approximate surface area is 460 Å². The van der Waals surface area contributed by atoms with Crippen molar-refractivity contribution in [2.24, 2.45) is 22.7 Å². The van der Waals surface area contributed by atoms with E-state index in [-0.39, 0.29) is 63.2 Å². The Morgan fingerprint density at radius 2 is 1.23 bits per heavy atom. The van der Waals surface area contributed by atoms with E-state index in [0.717, 1.165) is 41.8 Å². The summed E-state index contributed by atoms with van der Waals surface area (Å²) in [5.74, 6) is -5.85. The number of carbonyl (C=O) groups is 7. The Morgan fingerprint density at radius 3 is 1.70 bits per heavy atom. The molecule has 10 N–H and O–H groups in total. The van der Waals surface area contributed by atoms with Gasteiger partial charge < -0.3 is 50.4 Å². The molecule has 3 aliphatic rings. The van der Waals surface area contributed by atoms with E-state index < -0.39 is 57.1 Å². The number of carboxylic acid groups (broad SMARTS) is 6. The molecule has 3 aliphatic carbocycles. The number of carbonyl (C=O) groups excluding carboxylic acids is 1. The molecule has 2 bridgehead atoms. The molecule has 0 saturated heterocycles. The van der Waals surface area contributed by atoms with Crippen molar-refractivity contribution in [2.75, 3.05) is 5.75 Å². The molecule has 2 unspecified atom stereocenters. The first-order valence-corrected chi connectivity index (χ1v) is 26.6. The molecule has 6 aromatic rings. The summed E-state index contributed by atoms with van der Waals surface area (Å²) in [5.41, 5.74) is -0.167. The fourth-order valence-corrected chi connectivity index (χ4v) is 10.7. The molecule has 5 aromatic carbocycles. The van der Waals surface area contributed by atoms with Crippen LogP contribution in [0, 0.1) is 22.7 Å². The molecule has 0 aliphatic heterocycles. The highest BCUT2D eigenvalue weighted by Gasteiger charge is 2.65. The number of benzene rings is 5.